The molecule has 0 aromatic heterocycles. The number of allylic oxidation sites excluding steroid dienone is 2. The minimum Gasteiger partial charge on any atom is -0.466 e. The second-order valence-electron chi connectivity index (χ2n) is 6.71. The molecular formula is C16H16O4. The molecule has 8 atom stereocenters. The molecule has 0 aliphatic heterocycles. The van der Waals surface area contributed by atoms with Gasteiger partial charge in [-0.15, -0.1) is 0 Å². The van der Waals surface area contributed by atoms with Gasteiger partial charge in [0.15, 0.2) is 0 Å². The van der Waals surface area contributed by atoms with Crippen LogP contribution >= 0.6 is 0 Å². The molecule has 0 N–H and O–H groups in total. The molecule has 6 rings (SSSR count). The Morgan fingerprint density at radius 1 is 0.800 bits per heavy atom. The fourth-order valence-electron chi connectivity index (χ4n) is 6.58. The Labute approximate surface area is 116 Å². The van der Waals surface area contributed by atoms with Crippen LogP contribution in [-0.4, -0.2) is 26.2 Å². The average molecular weight is 272 g/mol. The third-order valence-electron chi connectivity index (χ3n) is 6.65. The standard InChI is InChI=1S/C16H16O4/c1-19-15(17)13-11-8-5-3-4-6-7(5)10(11)12(9(6)8)14(13)16(18)20-2/h3-12H,1-2H3/t5-,6?,7?,8+,9-,10?,11-,12+/m1/s1. The minimum atomic E-state index is -0.325. The molecule has 4 fully saturated rings. The zero-order valence-electron chi connectivity index (χ0n) is 11.4. The molecule has 0 amide bonds. The van der Waals surface area contributed by atoms with Gasteiger partial charge in [0, 0.05) is 0 Å². The molecule has 4 saturated carbocycles. The van der Waals surface area contributed by atoms with Crippen LogP contribution in [-0.2, 0) is 19.1 Å². The largest absolute Gasteiger partial charge is 0.466 e. The molecule has 0 spiro atoms. The van der Waals surface area contributed by atoms with Crippen LogP contribution < -0.4 is 0 Å². The van der Waals surface area contributed by atoms with E-state index in [4.69, 9.17) is 9.47 Å². The Bertz CT molecular complexity index is 566. The van der Waals surface area contributed by atoms with Crippen LogP contribution in [0.4, 0.5) is 0 Å². The zero-order chi connectivity index (χ0) is 13.8. The van der Waals surface area contributed by atoms with E-state index in [-0.39, 0.29) is 23.8 Å². The normalized spacial score (nSPS) is 51.5. The summed E-state index contributed by atoms with van der Waals surface area (Å²) in [7, 11) is 2.79. The number of methoxy groups -OCH3 is 2. The Balaban J connectivity index is 1.68. The number of rotatable bonds is 2. The molecule has 3 unspecified atom stereocenters. The van der Waals surface area contributed by atoms with Crippen molar-refractivity contribution in [3.05, 3.63) is 23.3 Å². The van der Waals surface area contributed by atoms with Crippen LogP contribution in [0.1, 0.15) is 0 Å². The second-order valence-corrected chi connectivity index (χ2v) is 6.71. The van der Waals surface area contributed by atoms with E-state index in [0.717, 1.165) is 0 Å². The summed E-state index contributed by atoms with van der Waals surface area (Å²) in [5.74, 6) is 3.35. The fourth-order valence-corrected chi connectivity index (χ4v) is 6.58. The quantitative estimate of drug-likeness (QED) is 0.559. The summed E-state index contributed by atoms with van der Waals surface area (Å²) >= 11 is 0. The van der Waals surface area contributed by atoms with E-state index in [9.17, 15) is 9.59 Å². The highest BCUT2D eigenvalue weighted by molar-refractivity contribution is 6.03. The number of carbonyl (C=O) groups is 2. The highest BCUT2D eigenvalue weighted by Gasteiger charge is 2.79. The van der Waals surface area contributed by atoms with Crippen molar-refractivity contribution >= 4 is 11.9 Å². The Kier molecular flexibility index (Phi) is 1.77. The van der Waals surface area contributed by atoms with Crippen molar-refractivity contribution in [1.29, 1.82) is 0 Å². The molecule has 0 radical (unpaired) electrons. The molecule has 0 aromatic rings. The molecule has 104 valence electrons. The van der Waals surface area contributed by atoms with Crippen molar-refractivity contribution < 1.29 is 19.1 Å². The number of hydrogen-bond acceptors (Lipinski definition) is 4. The van der Waals surface area contributed by atoms with Crippen LogP contribution in [0.3, 0.4) is 0 Å². The van der Waals surface area contributed by atoms with E-state index in [1.54, 1.807) is 0 Å². The van der Waals surface area contributed by atoms with Crippen molar-refractivity contribution in [2.75, 3.05) is 14.2 Å². The zero-order valence-corrected chi connectivity index (χ0v) is 11.4. The summed E-state index contributed by atoms with van der Waals surface area (Å²) in [6.07, 6.45) is 4.69. The lowest BCUT2D eigenvalue weighted by Gasteiger charge is -2.33. The van der Waals surface area contributed by atoms with Gasteiger partial charge >= 0.3 is 11.9 Å². The third kappa shape index (κ3) is 0.859. The lowest BCUT2D eigenvalue weighted by molar-refractivity contribution is -0.140. The van der Waals surface area contributed by atoms with E-state index in [1.807, 2.05) is 0 Å². The van der Waals surface area contributed by atoms with Crippen molar-refractivity contribution in [2.45, 2.75) is 0 Å². The Morgan fingerprint density at radius 3 is 1.65 bits per heavy atom. The summed E-state index contributed by atoms with van der Waals surface area (Å²) < 4.78 is 9.89. The van der Waals surface area contributed by atoms with E-state index < -0.39 is 0 Å². The monoisotopic (exact) mass is 272 g/mol. The first-order valence-electron chi connectivity index (χ1n) is 7.29. The summed E-state index contributed by atoms with van der Waals surface area (Å²) in [4.78, 5) is 24.4. The first-order valence-corrected chi connectivity index (χ1v) is 7.29. The van der Waals surface area contributed by atoms with Crippen molar-refractivity contribution in [2.24, 2.45) is 47.3 Å². The molecule has 4 heteroatoms. The van der Waals surface area contributed by atoms with Gasteiger partial charge in [0.25, 0.3) is 0 Å². The Hall–Kier alpha value is -1.58. The van der Waals surface area contributed by atoms with E-state index in [2.05, 4.69) is 12.2 Å². The average Bonchev–Trinajstić information content (AvgIpc) is 3.23. The van der Waals surface area contributed by atoms with Gasteiger partial charge in [0.1, 0.15) is 0 Å². The smallest absolute Gasteiger partial charge is 0.334 e. The van der Waals surface area contributed by atoms with Gasteiger partial charge in [0.05, 0.1) is 25.4 Å². The summed E-state index contributed by atoms with van der Waals surface area (Å²) in [6.45, 7) is 0. The lowest BCUT2D eigenvalue weighted by atomic mass is 9.71. The van der Waals surface area contributed by atoms with E-state index in [1.165, 1.54) is 14.2 Å². The van der Waals surface area contributed by atoms with Gasteiger partial charge in [-0.05, 0) is 47.3 Å². The predicted molar refractivity (Wildman–Crippen MR) is 68.1 cm³/mol. The molecule has 0 aromatic carbocycles. The summed E-state index contributed by atoms with van der Waals surface area (Å²) in [6, 6.07) is 0. The maximum Gasteiger partial charge on any atom is 0.334 e. The molecule has 20 heavy (non-hydrogen) atoms. The Morgan fingerprint density at radius 2 is 1.25 bits per heavy atom. The number of ether oxygens (including phenoxy) is 2. The summed E-state index contributed by atoms with van der Waals surface area (Å²) in [5, 5.41) is 0. The molecule has 0 saturated heterocycles. The highest BCUT2D eigenvalue weighted by Crippen LogP contribution is 2.81. The van der Waals surface area contributed by atoms with Gasteiger partial charge in [-0.2, -0.15) is 0 Å². The summed E-state index contributed by atoms with van der Waals surface area (Å²) in [5.41, 5.74) is 1.27. The van der Waals surface area contributed by atoms with Crippen LogP contribution in [0.2, 0.25) is 0 Å². The molecule has 6 aliphatic rings. The maximum atomic E-state index is 12.2. The fraction of sp³-hybridized carbons (Fsp3) is 0.625. The predicted octanol–water partition coefficient (Wildman–Crippen LogP) is 1.18. The number of esters is 2. The second kappa shape index (κ2) is 3.18. The SMILES string of the molecule is COC(=O)C1=C(C(=O)OC)[C@H]2C3C4C5C=C[C@H]4[C@H]2[C@@H]5[C@H]13. The number of carbonyl (C=O) groups excluding carboxylic acids is 2. The first-order chi connectivity index (χ1) is 9.70. The van der Waals surface area contributed by atoms with Crippen molar-refractivity contribution in [3.8, 4) is 0 Å². The highest BCUT2D eigenvalue weighted by atomic mass is 16.5. The van der Waals surface area contributed by atoms with Gasteiger partial charge in [-0.1, -0.05) is 12.2 Å². The van der Waals surface area contributed by atoms with Gasteiger partial charge in [0.2, 0.25) is 0 Å². The lowest BCUT2D eigenvalue weighted by Crippen LogP contribution is -2.33. The van der Waals surface area contributed by atoms with E-state index >= 15 is 0 Å². The molecule has 6 aliphatic carbocycles. The molecule has 0 heterocycles. The first kappa shape index (κ1) is 11.1. The topological polar surface area (TPSA) is 52.6 Å². The van der Waals surface area contributed by atoms with Gasteiger partial charge in [-0.3, -0.25) is 0 Å². The van der Waals surface area contributed by atoms with Gasteiger partial charge < -0.3 is 9.47 Å². The van der Waals surface area contributed by atoms with Gasteiger partial charge in [-0.25, -0.2) is 9.59 Å². The van der Waals surface area contributed by atoms with Crippen molar-refractivity contribution in [3.63, 3.8) is 0 Å². The third-order valence-corrected chi connectivity index (χ3v) is 6.65. The molecule has 4 nitrogen and oxygen atoms in total. The minimum absolute atomic E-state index is 0.239. The molecular weight excluding hydrogens is 256 g/mol. The van der Waals surface area contributed by atoms with Crippen LogP contribution in [0, 0.1) is 47.3 Å². The number of hydrogen-bond donors (Lipinski definition) is 0. The van der Waals surface area contributed by atoms with Crippen LogP contribution in [0.15, 0.2) is 23.3 Å². The van der Waals surface area contributed by atoms with Crippen LogP contribution in [0.5, 0.6) is 0 Å². The van der Waals surface area contributed by atoms with Crippen molar-refractivity contribution in [1.82, 2.24) is 0 Å². The molecule has 8 bridgehead atoms. The van der Waals surface area contributed by atoms with Crippen LogP contribution in [0.25, 0.3) is 0 Å². The maximum absolute atomic E-state index is 12.2. The van der Waals surface area contributed by atoms with E-state index in [0.29, 0.717) is 46.7 Å².